The Balaban J connectivity index is 2.09. The van der Waals surface area contributed by atoms with Crippen molar-refractivity contribution in [2.45, 2.75) is 20.3 Å². The molecule has 0 spiro atoms. The van der Waals surface area contributed by atoms with Gasteiger partial charge in [0, 0.05) is 26.2 Å². The molecule has 8 nitrogen and oxygen atoms in total. The molecule has 3 rings (SSSR count). The topological polar surface area (TPSA) is 93.9 Å². The number of likely N-dealkylation sites (N-methyl/N-ethyl adjacent to an activating group) is 1. The van der Waals surface area contributed by atoms with Gasteiger partial charge in [0.25, 0.3) is 5.56 Å². The summed E-state index contributed by atoms with van der Waals surface area (Å²) in [7, 11) is 2.05. The number of hydrogen-bond acceptors (Lipinski definition) is 6. The van der Waals surface area contributed by atoms with Crippen LogP contribution in [0.3, 0.4) is 0 Å². The predicted octanol–water partition coefficient (Wildman–Crippen LogP) is 0.901. The van der Waals surface area contributed by atoms with Crippen LogP contribution in [0.15, 0.2) is 39.0 Å². The van der Waals surface area contributed by atoms with Gasteiger partial charge in [-0.25, -0.2) is 9.36 Å². The second kappa shape index (κ2) is 7.79. The number of aromatic amines is 1. The SMILES string of the molecule is CC/C(=N\N1CCN(C)CC1)c1c(O)n(-c2ccc(C)cc2)c(=O)[nH]c1=O. The molecule has 0 atom stereocenters. The molecule has 0 amide bonds. The average Bonchev–Trinajstić information content (AvgIpc) is 2.63. The molecular weight excluding hydrogens is 346 g/mol. The van der Waals surface area contributed by atoms with Crippen molar-refractivity contribution in [2.24, 2.45) is 5.10 Å². The normalized spacial score (nSPS) is 16.0. The van der Waals surface area contributed by atoms with Crippen molar-refractivity contribution in [1.29, 1.82) is 0 Å². The van der Waals surface area contributed by atoms with E-state index in [9.17, 15) is 14.7 Å². The third-order valence-corrected chi connectivity index (χ3v) is 4.74. The highest BCUT2D eigenvalue weighted by molar-refractivity contribution is 6.01. The van der Waals surface area contributed by atoms with E-state index in [1.54, 1.807) is 12.1 Å². The molecule has 0 saturated carbocycles. The van der Waals surface area contributed by atoms with Gasteiger partial charge in [0.2, 0.25) is 5.88 Å². The zero-order valence-corrected chi connectivity index (χ0v) is 15.9. The lowest BCUT2D eigenvalue weighted by Gasteiger charge is -2.31. The number of nitrogens with zero attached hydrogens (tertiary/aromatic N) is 4. The fourth-order valence-electron chi connectivity index (χ4n) is 3.08. The van der Waals surface area contributed by atoms with Crippen molar-refractivity contribution in [2.75, 3.05) is 33.2 Å². The minimum Gasteiger partial charge on any atom is -0.493 e. The zero-order chi connectivity index (χ0) is 19.6. The smallest absolute Gasteiger partial charge is 0.335 e. The number of benzene rings is 1. The van der Waals surface area contributed by atoms with Crippen LogP contribution in [-0.2, 0) is 0 Å². The molecule has 1 saturated heterocycles. The van der Waals surface area contributed by atoms with Gasteiger partial charge in [-0.2, -0.15) is 5.10 Å². The van der Waals surface area contributed by atoms with Crippen LogP contribution in [0.4, 0.5) is 0 Å². The van der Waals surface area contributed by atoms with E-state index in [-0.39, 0.29) is 11.4 Å². The first kappa shape index (κ1) is 18.9. The van der Waals surface area contributed by atoms with Gasteiger partial charge in [-0.1, -0.05) is 24.6 Å². The number of hydrogen-bond donors (Lipinski definition) is 2. The van der Waals surface area contributed by atoms with E-state index in [2.05, 4.69) is 22.0 Å². The van der Waals surface area contributed by atoms with Crippen molar-refractivity contribution >= 4 is 5.71 Å². The lowest BCUT2D eigenvalue weighted by molar-refractivity contribution is 0.159. The molecule has 1 fully saturated rings. The molecule has 2 N–H and O–H groups in total. The summed E-state index contributed by atoms with van der Waals surface area (Å²) >= 11 is 0. The third kappa shape index (κ3) is 3.95. The van der Waals surface area contributed by atoms with Crippen LogP contribution < -0.4 is 11.2 Å². The molecule has 1 aliphatic rings. The van der Waals surface area contributed by atoms with E-state index in [4.69, 9.17) is 0 Å². The number of aryl methyl sites for hydroxylation is 1. The van der Waals surface area contributed by atoms with Crippen molar-refractivity contribution in [3.05, 3.63) is 56.2 Å². The highest BCUT2D eigenvalue weighted by Crippen LogP contribution is 2.19. The number of rotatable bonds is 4. The van der Waals surface area contributed by atoms with Crippen LogP contribution >= 0.6 is 0 Å². The Labute approximate surface area is 157 Å². The molecule has 1 aliphatic heterocycles. The van der Waals surface area contributed by atoms with E-state index in [1.807, 2.05) is 31.0 Å². The lowest BCUT2D eigenvalue weighted by atomic mass is 10.1. The summed E-state index contributed by atoms with van der Waals surface area (Å²) in [6.45, 7) is 7.06. The summed E-state index contributed by atoms with van der Waals surface area (Å²) < 4.78 is 1.10. The number of aromatic hydroxyl groups is 1. The number of piperazine rings is 1. The number of hydrazone groups is 1. The Morgan fingerprint density at radius 3 is 2.37 bits per heavy atom. The van der Waals surface area contributed by atoms with Gasteiger partial charge >= 0.3 is 5.69 Å². The first-order valence-electron chi connectivity index (χ1n) is 9.07. The maximum atomic E-state index is 12.5. The second-order valence-electron chi connectivity index (χ2n) is 6.79. The summed E-state index contributed by atoms with van der Waals surface area (Å²) in [4.78, 5) is 29.3. The highest BCUT2D eigenvalue weighted by Gasteiger charge is 2.21. The second-order valence-corrected chi connectivity index (χ2v) is 6.79. The molecule has 0 aliphatic carbocycles. The molecule has 8 heteroatoms. The van der Waals surface area contributed by atoms with Crippen molar-refractivity contribution in [1.82, 2.24) is 19.5 Å². The number of aromatic nitrogens is 2. The van der Waals surface area contributed by atoms with E-state index in [1.165, 1.54) is 0 Å². The van der Waals surface area contributed by atoms with Gasteiger partial charge in [-0.05, 0) is 32.5 Å². The van der Waals surface area contributed by atoms with Gasteiger partial charge < -0.3 is 10.0 Å². The summed E-state index contributed by atoms with van der Waals surface area (Å²) in [5.74, 6) is -0.387. The standard InChI is InChI=1S/C19H25N5O3/c1-4-15(21-23-11-9-22(3)10-12-23)16-17(25)20-19(27)24(18(16)26)14-7-5-13(2)6-8-14/h5-8,26H,4,9-12H2,1-3H3,(H,20,25,27)/b21-15+. The summed E-state index contributed by atoms with van der Waals surface area (Å²) in [5.41, 5.74) is 0.698. The minimum absolute atomic E-state index is 0.0385. The van der Waals surface area contributed by atoms with Gasteiger partial charge in [0.1, 0.15) is 5.56 Å². The zero-order valence-electron chi connectivity index (χ0n) is 15.9. The van der Waals surface area contributed by atoms with Crippen LogP contribution in [0.25, 0.3) is 5.69 Å². The fourth-order valence-corrected chi connectivity index (χ4v) is 3.08. The van der Waals surface area contributed by atoms with Crippen LogP contribution in [0, 0.1) is 6.92 Å². The third-order valence-electron chi connectivity index (χ3n) is 4.74. The van der Waals surface area contributed by atoms with E-state index in [0.717, 1.165) is 36.3 Å². The maximum Gasteiger partial charge on any atom is 0.335 e. The summed E-state index contributed by atoms with van der Waals surface area (Å²) in [6, 6.07) is 7.12. The molecular formula is C19H25N5O3. The Morgan fingerprint density at radius 2 is 1.78 bits per heavy atom. The maximum absolute atomic E-state index is 12.5. The highest BCUT2D eigenvalue weighted by atomic mass is 16.3. The molecule has 1 aromatic heterocycles. The minimum atomic E-state index is -0.680. The fraction of sp³-hybridized carbons (Fsp3) is 0.421. The Morgan fingerprint density at radius 1 is 1.15 bits per heavy atom. The molecule has 0 radical (unpaired) electrons. The Hall–Kier alpha value is -2.87. The van der Waals surface area contributed by atoms with Gasteiger partial charge in [-0.15, -0.1) is 0 Å². The average molecular weight is 371 g/mol. The van der Waals surface area contributed by atoms with E-state index >= 15 is 0 Å². The van der Waals surface area contributed by atoms with Crippen molar-refractivity contribution in [3.8, 4) is 11.6 Å². The molecule has 0 unspecified atom stereocenters. The van der Waals surface area contributed by atoms with Crippen LogP contribution in [0.1, 0.15) is 24.5 Å². The largest absolute Gasteiger partial charge is 0.493 e. The first-order chi connectivity index (χ1) is 12.9. The van der Waals surface area contributed by atoms with Crippen LogP contribution in [0.2, 0.25) is 0 Å². The number of H-pyrrole nitrogens is 1. The molecule has 144 valence electrons. The van der Waals surface area contributed by atoms with Gasteiger partial charge in [0.15, 0.2) is 0 Å². The Kier molecular flexibility index (Phi) is 5.46. The molecule has 27 heavy (non-hydrogen) atoms. The van der Waals surface area contributed by atoms with Crippen molar-refractivity contribution in [3.63, 3.8) is 0 Å². The molecule has 2 heterocycles. The van der Waals surface area contributed by atoms with E-state index in [0.29, 0.717) is 17.8 Å². The number of nitrogens with one attached hydrogen (secondary N) is 1. The first-order valence-corrected chi connectivity index (χ1v) is 9.07. The molecule has 2 aromatic rings. The predicted molar refractivity (Wildman–Crippen MR) is 105 cm³/mol. The van der Waals surface area contributed by atoms with Crippen molar-refractivity contribution < 1.29 is 5.11 Å². The van der Waals surface area contributed by atoms with Gasteiger partial charge in [-0.3, -0.25) is 14.8 Å². The van der Waals surface area contributed by atoms with Gasteiger partial charge in [0.05, 0.1) is 11.4 Å². The van der Waals surface area contributed by atoms with E-state index < -0.39 is 11.2 Å². The summed E-state index contributed by atoms with van der Waals surface area (Å²) in [6.07, 6.45) is 0.453. The van der Waals surface area contributed by atoms with Crippen LogP contribution in [-0.4, -0.2) is 63.5 Å². The summed E-state index contributed by atoms with van der Waals surface area (Å²) in [5, 5.41) is 17.3. The molecule has 0 bridgehead atoms. The molecule has 1 aromatic carbocycles. The quantitative estimate of drug-likeness (QED) is 0.779. The monoisotopic (exact) mass is 371 g/mol. The Bertz CT molecular complexity index is 951. The lowest BCUT2D eigenvalue weighted by Crippen LogP contribution is -2.42. The van der Waals surface area contributed by atoms with Crippen LogP contribution in [0.5, 0.6) is 5.88 Å².